The summed E-state index contributed by atoms with van der Waals surface area (Å²) in [5.74, 6) is -0.229. The Balaban J connectivity index is 1.74. The fourth-order valence-corrected chi connectivity index (χ4v) is 2.84. The van der Waals surface area contributed by atoms with Crippen molar-refractivity contribution in [3.8, 4) is 5.75 Å². The Bertz CT molecular complexity index is 986. The summed E-state index contributed by atoms with van der Waals surface area (Å²) in [6, 6.07) is 6.33. The molecule has 0 radical (unpaired) electrons. The average molecular weight is 374 g/mol. The number of ether oxygens (including phenoxy) is 1. The van der Waals surface area contributed by atoms with Gasteiger partial charge in [0.05, 0.1) is 11.1 Å². The summed E-state index contributed by atoms with van der Waals surface area (Å²) in [6.07, 6.45) is -3.50. The van der Waals surface area contributed by atoms with E-state index in [0.717, 1.165) is 6.20 Å². The van der Waals surface area contributed by atoms with Crippen molar-refractivity contribution < 1.29 is 31.0 Å². The molecule has 8 nitrogen and oxygen atoms in total. The number of fused-ring (bicyclic) bond motifs is 1. The summed E-state index contributed by atoms with van der Waals surface area (Å²) in [6.45, 7) is -1.47. The predicted molar refractivity (Wildman–Crippen MR) is 78.4 cm³/mol. The summed E-state index contributed by atoms with van der Waals surface area (Å²) in [4.78, 5) is 3.61. The summed E-state index contributed by atoms with van der Waals surface area (Å²) in [5, 5.41) is 7.11. The molecule has 2 heterocycles. The van der Waals surface area contributed by atoms with Gasteiger partial charge in [-0.25, -0.2) is 18.0 Å². The van der Waals surface area contributed by atoms with Crippen molar-refractivity contribution in [2.24, 2.45) is 0 Å². The van der Waals surface area contributed by atoms with Gasteiger partial charge in [-0.05, 0) is 40.6 Å². The molecule has 0 saturated heterocycles. The van der Waals surface area contributed by atoms with Gasteiger partial charge in [0.2, 0.25) is 0 Å². The molecule has 0 fully saturated rings. The molecule has 0 atom stereocenters. The van der Waals surface area contributed by atoms with E-state index in [-0.39, 0.29) is 22.0 Å². The minimum atomic E-state index is -4.48. The topological polar surface area (TPSA) is 107 Å². The number of rotatable bonds is 5. The highest BCUT2D eigenvalue weighted by Crippen LogP contribution is 2.21. The van der Waals surface area contributed by atoms with Gasteiger partial charge in [-0.2, -0.15) is 13.2 Å². The summed E-state index contributed by atoms with van der Waals surface area (Å²) >= 11 is 0. The maximum Gasteiger partial charge on any atom is 0.422 e. The molecule has 132 valence electrons. The second-order valence-corrected chi connectivity index (χ2v) is 6.49. The summed E-state index contributed by atoms with van der Waals surface area (Å²) < 4.78 is 72.0. The lowest BCUT2D eigenvalue weighted by Gasteiger charge is -2.10. The quantitative estimate of drug-likeness (QED) is 0.730. The summed E-state index contributed by atoms with van der Waals surface area (Å²) in [7, 11) is -3.97. The number of hydrogen-bond acceptors (Lipinski definition) is 7. The molecule has 25 heavy (non-hydrogen) atoms. The van der Waals surface area contributed by atoms with Crippen LogP contribution in [0.4, 0.5) is 19.0 Å². The number of anilines is 1. The van der Waals surface area contributed by atoms with E-state index in [1.165, 1.54) is 30.3 Å². The maximum atomic E-state index is 12.3. The third-order valence-electron chi connectivity index (χ3n) is 2.91. The van der Waals surface area contributed by atoms with E-state index in [4.69, 9.17) is 0 Å². The molecule has 0 unspecified atom stereocenters. The molecule has 12 heteroatoms. The maximum absolute atomic E-state index is 12.3. The van der Waals surface area contributed by atoms with Crippen LogP contribution in [0.15, 0.2) is 46.1 Å². The van der Waals surface area contributed by atoms with Crippen LogP contribution in [-0.2, 0) is 10.0 Å². The van der Waals surface area contributed by atoms with Crippen molar-refractivity contribution in [3.05, 3.63) is 36.5 Å². The van der Waals surface area contributed by atoms with E-state index in [1.807, 2.05) is 0 Å². The average Bonchev–Trinajstić information content (AvgIpc) is 3.01. The first-order valence-corrected chi connectivity index (χ1v) is 8.12. The second kappa shape index (κ2) is 6.20. The molecule has 0 aliphatic heterocycles. The lowest BCUT2D eigenvalue weighted by molar-refractivity contribution is -0.153. The van der Waals surface area contributed by atoms with Gasteiger partial charge in [-0.15, -0.1) is 0 Å². The van der Waals surface area contributed by atoms with Gasteiger partial charge in [0.15, 0.2) is 6.61 Å². The van der Waals surface area contributed by atoms with Crippen molar-refractivity contribution in [2.75, 3.05) is 11.3 Å². The number of pyridine rings is 1. The standard InChI is InChI=1S/C13H9F3N4O4S/c14-13(15,16)7-23-8-1-4-12(17-6-8)20-25(21,22)9-2-3-10-11(5-9)19-24-18-10/h1-6H,7H2,(H,17,20). The largest absolute Gasteiger partial charge is 0.483 e. The van der Waals surface area contributed by atoms with Crippen LogP contribution < -0.4 is 9.46 Å². The van der Waals surface area contributed by atoms with Crippen LogP contribution in [0.3, 0.4) is 0 Å². The molecule has 0 aliphatic rings. The van der Waals surface area contributed by atoms with Crippen LogP contribution in [0.5, 0.6) is 5.75 Å². The van der Waals surface area contributed by atoms with E-state index in [9.17, 15) is 21.6 Å². The number of benzene rings is 1. The Hall–Kier alpha value is -2.89. The van der Waals surface area contributed by atoms with E-state index in [1.54, 1.807) is 0 Å². The van der Waals surface area contributed by atoms with Crippen LogP contribution in [0, 0.1) is 0 Å². The SMILES string of the molecule is O=S(=O)(Nc1ccc(OCC(F)(F)F)cn1)c1ccc2nonc2c1. The third-order valence-corrected chi connectivity index (χ3v) is 4.27. The number of nitrogens with one attached hydrogen (secondary N) is 1. The van der Waals surface area contributed by atoms with Crippen molar-refractivity contribution >= 4 is 26.9 Å². The first kappa shape index (κ1) is 17.0. The van der Waals surface area contributed by atoms with E-state index >= 15 is 0 Å². The lowest BCUT2D eigenvalue weighted by Crippen LogP contribution is -2.19. The van der Waals surface area contributed by atoms with Crippen LogP contribution >= 0.6 is 0 Å². The normalized spacial score (nSPS) is 12.3. The van der Waals surface area contributed by atoms with E-state index in [2.05, 4.69) is 29.4 Å². The van der Waals surface area contributed by atoms with Gasteiger partial charge in [-0.1, -0.05) is 0 Å². The van der Waals surface area contributed by atoms with Gasteiger partial charge >= 0.3 is 6.18 Å². The number of alkyl halides is 3. The Labute approximate surface area is 138 Å². The molecule has 3 aromatic rings. The van der Waals surface area contributed by atoms with Crippen LogP contribution in [-0.4, -0.2) is 36.5 Å². The molecule has 0 spiro atoms. The van der Waals surface area contributed by atoms with Gasteiger partial charge in [-0.3, -0.25) is 4.72 Å². The predicted octanol–water partition coefficient (Wildman–Crippen LogP) is 2.36. The van der Waals surface area contributed by atoms with E-state index in [0.29, 0.717) is 5.52 Å². The Morgan fingerprint density at radius 1 is 1.12 bits per heavy atom. The number of aromatic nitrogens is 3. The second-order valence-electron chi connectivity index (χ2n) is 4.80. The minimum absolute atomic E-state index is 0.0854. The molecular weight excluding hydrogens is 365 g/mol. The third kappa shape index (κ3) is 4.15. The highest BCUT2D eigenvalue weighted by atomic mass is 32.2. The van der Waals surface area contributed by atoms with Crippen molar-refractivity contribution in [1.29, 1.82) is 0 Å². The zero-order valence-corrected chi connectivity index (χ0v) is 13.0. The van der Waals surface area contributed by atoms with Crippen molar-refractivity contribution in [1.82, 2.24) is 15.3 Å². The molecule has 0 bridgehead atoms. The molecule has 0 aliphatic carbocycles. The number of sulfonamides is 1. The molecular formula is C13H9F3N4O4S. The molecule has 1 N–H and O–H groups in total. The number of nitrogens with zero attached hydrogens (tertiary/aromatic N) is 3. The monoisotopic (exact) mass is 374 g/mol. The Morgan fingerprint density at radius 3 is 2.56 bits per heavy atom. The zero-order valence-electron chi connectivity index (χ0n) is 12.2. The number of halogens is 3. The van der Waals surface area contributed by atoms with Crippen molar-refractivity contribution in [2.45, 2.75) is 11.1 Å². The van der Waals surface area contributed by atoms with E-state index < -0.39 is 22.8 Å². The molecule has 2 aromatic heterocycles. The first-order valence-electron chi connectivity index (χ1n) is 6.64. The molecule has 0 saturated carbocycles. The highest BCUT2D eigenvalue weighted by Gasteiger charge is 2.28. The van der Waals surface area contributed by atoms with Gasteiger partial charge in [0.25, 0.3) is 10.0 Å². The molecule has 0 amide bonds. The van der Waals surface area contributed by atoms with Crippen LogP contribution in [0.2, 0.25) is 0 Å². The Morgan fingerprint density at radius 2 is 1.88 bits per heavy atom. The number of hydrogen-bond donors (Lipinski definition) is 1. The van der Waals surface area contributed by atoms with Gasteiger partial charge in [0.1, 0.15) is 22.6 Å². The molecule has 3 rings (SSSR count). The van der Waals surface area contributed by atoms with Crippen molar-refractivity contribution in [3.63, 3.8) is 0 Å². The lowest BCUT2D eigenvalue weighted by atomic mass is 10.3. The minimum Gasteiger partial charge on any atom is -0.483 e. The van der Waals surface area contributed by atoms with Gasteiger partial charge in [0, 0.05) is 0 Å². The fraction of sp³-hybridized carbons (Fsp3) is 0.154. The first-order chi connectivity index (χ1) is 11.7. The summed E-state index contributed by atoms with van der Waals surface area (Å²) in [5.41, 5.74) is 0.648. The van der Waals surface area contributed by atoms with Crippen LogP contribution in [0.1, 0.15) is 0 Å². The van der Waals surface area contributed by atoms with Gasteiger partial charge < -0.3 is 4.74 Å². The zero-order chi connectivity index (χ0) is 18.1. The van der Waals surface area contributed by atoms with Crippen LogP contribution in [0.25, 0.3) is 11.0 Å². The highest BCUT2D eigenvalue weighted by molar-refractivity contribution is 7.92. The molecule has 1 aromatic carbocycles. The smallest absolute Gasteiger partial charge is 0.422 e. The Kier molecular flexibility index (Phi) is 4.20. The fourth-order valence-electron chi connectivity index (χ4n) is 1.82.